The molecule has 0 atom stereocenters. The van der Waals surface area contributed by atoms with Crippen molar-refractivity contribution in [3.05, 3.63) is 66.1 Å². The van der Waals surface area contributed by atoms with Crippen molar-refractivity contribution in [3.8, 4) is 17.3 Å². The molecule has 45 heavy (non-hydrogen) atoms. The molecule has 3 saturated heterocycles. The summed E-state index contributed by atoms with van der Waals surface area (Å²) in [6.45, 7) is 5.63. The summed E-state index contributed by atoms with van der Waals surface area (Å²) in [5, 5.41) is 0.658. The van der Waals surface area contributed by atoms with Crippen LogP contribution in [0.3, 0.4) is 0 Å². The standard InChI is InChI=1S/C32H31F3N6O4/c1-43-31-37-29-22(16-36-28(27(29)35)21-5-2-4-20-7-8-23(33)26(34)25(20)21)30(38-31)40-10-11-41(32(17-40)18-45-19-32)24(42)6-3-9-39-12-14-44-15-13-39/h2-8,16H,9-15,17-19H2,1H3/b6-3+. The van der Waals surface area contributed by atoms with E-state index in [4.69, 9.17) is 14.2 Å². The van der Waals surface area contributed by atoms with Crippen LogP contribution >= 0.6 is 0 Å². The number of pyridine rings is 1. The molecular formula is C32H31F3N6O4. The maximum Gasteiger partial charge on any atom is 0.318 e. The first-order valence-electron chi connectivity index (χ1n) is 14.8. The second kappa shape index (κ2) is 11.9. The molecule has 1 spiro atoms. The van der Waals surface area contributed by atoms with E-state index in [0.29, 0.717) is 69.2 Å². The molecule has 0 unspecified atom stereocenters. The van der Waals surface area contributed by atoms with Crippen molar-refractivity contribution in [1.82, 2.24) is 24.8 Å². The van der Waals surface area contributed by atoms with E-state index < -0.39 is 23.0 Å². The molecule has 5 heterocycles. The highest BCUT2D eigenvalue weighted by atomic mass is 19.2. The van der Waals surface area contributed by atoms with E-state index in [0.717, 1.165) is 19.2 Å². The van der Waals surface area contributed by atoms with Crippen LogP contribution in [0.15, 0.2) is 48.7 Å². The molecule has 3 aliphatic rings. The Balaban J connectivity index is 1.21. The SMILES string of the molecule is COc1nc(N2CCN(C(=O)/C=C/CN3CCOCC3)C3(COC3)C2)c2cnc(-c3cccc4ccc(F)c(F)c34)c(F)c2n1. The predicted molar refractivity (Wildman–Crippen MR) is 161 cm³/mol. The average Bonchev–Trinajstić information content (AvgIpc) is 3.05. The normalized spacial score (nSPS) is 18.7. The molecule has 0 bridgehead atoms. The highest BCUT2D eigenvalue weighted by Crippen LogP contribution is 2.38. The third-order valence-electron chi connectivity index (χ3n) is 8.70. The molecule has 234 valence electrons. The number of carbonyl (C=O) groups is 1. The fraction of sp³-hybridized carbons (Fsp3) is 0.375. The first-order chi connectivity index (χ1) is 21.9. The Bertz CT molecular complexity index is 1810. The summed E-state index contributed by atoms with van der Waals surface area (Å²) < 4.78 is 61.8. The van der Waals surface area contributed by atoms with Crippen LogP contribution in [0.1, 0.15) is 0 Å². The van der Waals surface area contributed by atoms with Crippen LogP contribution < -0.4 is 9.64 Å². The lowest BCUT2D eigenvalue weighted by Crippen LogP contribution is -2.72. The Kier molecular flexibility index (Phi) is 7.76. The van der Waals surface area contributed by atoms with E-state index in [-0.39, 0.29) is 34.1 Å². The quantitative estimate of drug-likeness (QED) is 0.300. The summed E-state index contributed by atoms with van der Waals surface area (Å²) in [4.78, 5) is 32.6. The average molecular weight is 621 g/mol. The number of nitrogens with zero attached hydrogens (tertiary/aromatic N) is 6. The molecule has 3 aliphatic heterocycles. The number of hydrogen-bond donors (Lipinski definition) is 0. The number of rotatable bonds is 6. The van der Waals surface area contributed by atoms with Gasteiger partial charge < -0.3 is 24.0 Å². The monoisotopic (exact) mass is 620 g/mol. The van der Waals surface area contributed by atoms with Crippen LogP contribution in [0.4, 0.5) is 19.0 Å². The topological polar surface area (TPSA) is 93.2 Å². The van der Waals surface area contributed by atoms with Gasteiger partial charge in [0.2, 0.25) is 5.91 Å². The summed E-state index contributed by atoms with van der Waals surface area (Å²) in [7, 11) is 1.38. The number of carbonyl (C=O) groups excluding carboxylic acids is 1. The first kappa shape index (κ1) is 29.4. The van der Waals surface area contributed by atoms with Gasteiger partial charge in [-0.05, 0) is 11.5 Å². The molecule has 4 aromatic rings. The number of aromatic nitrogens is 3. The molecule has 1 amide bonds. The number of morpholine rings is 1. The zero-order valence-electron chi connectivity index (χ0n) is 24.6. The number of amides is 1. The zero-order chi connectivity index (χ0) is 31.1. The Hall–Kier alpha value is -4.33. The lowest BCUT2D eigenvalue weighted by atomic mass is 9.91. The maximum absolute atomic E-state index is 16.3. The number of methoxy groups -OCH3 is 1. The second-order valence-electron chi connectivity index (χ2n) is 11.4. The van der Waals surface area contributed by atoms with Gasteiger partial charge in [0.25, 0.3) is 0 Å². The third kappa shape index (κ3) is 5.24. The molecule has 0 aliphatic carbocycles. The van der Waals surface area contributed by atoms with Crippen molar-refractivity contribution < 1.29 is 32.2 Å². The number of benzene rings is 2. The van der Waals surface area contributed by atoms with Gasteiger partial charge in [0.05, 0.1) is 38.9 Å². The van der Waals surface area contributed by atoms with Crippen LogP contribution in [0.25, 0.3) is 32.9 Å². The molecular weight excluding hydrogens is 589 g/mol. The summed E-state index contributed by atoms with van der Waals surface area (Å²) in [6, 6.07) is 7.15. The van der Waals surface area contributed by atoms with Crippen LogP contribution in [-0.2, 0) is 14.3 Å². The largest absolute Gasteiger partial charge is 0.467 e. The van der Waals surface area contributed by atoms with Gasteiger partial charge >= 0.3 is 6.01 Å². The van der Waals surface area contributed by atoms with Crippen LogP contribution in [0.2, 0.25) is 0 Å². The lowest BCUT2D eigenvalue weighted by Gasteiger charge is -2.55. The van der Waals surface area contributed by atoms with Gasteiger partial charge in [-0.15, -0.1) is 0 Å². The van der Waals surface area contributed by atoms with E-state index in [1.54, 1.807) is 18.2 Å². The Morgan fingerprint density at radius 3 is 2.60 bits per heavy atom. The predicted octanol–water partition coefficient (Wildman–Crippen LogP) is 3.58. The summed E-state index contributed by atoms with van der Waals surface area (Å²) in [5.41, 5.74) is -0.728. The van der Waals surface area contributed by atoms with E-state index in [1.165, 1.54) is 25.4 Å². The number of anilines is 1. The van der Waals surface area contributed by atoms with Crippen LogP contribution in [0.5, 0.6) is 6.01 Å². The van der Waals surface area contributed by atoms with Gasteiger partial charge in [0.15, 0.2) is 17.5 Å². The Morgan fingerprint density at radius 2 is 1.84 bits per heavy atom. The van der Waals surface area contributed by atoms with Gasteiger partial charge in [-0.2, -0.15) is 9.97 Å². The Labute approximate surface area is 257 Å². The summed E-state index contributed by atoms with van der Waals surface area (Å²) >= 11 is 0. The molecule has 0 radical (unpaired) electrons. The van der Waals surface area contributed by atoms with E-state index in [9.17, 15) is 13.6 Å². The third-order valence-corrected chi connectivity index (χ3v) is 8.70. The fourth-order valence-corrected chi connectivity index (χ4v) is 6.31. The van der Waals surface area contributed by atoms with E-state index in [2.05, 4.69) is 19.9 Å². The summed E-state index contributed by atoms with van der Waals surface area (Å²) in [5.74, 6) is -2.63. The summed E-state index contributed by atoms with van der Waals surface area (Å²) in [6.07, 6.45) is 4.95. The maximum atomic E-state index is 16.3. The molecule has 2 aromatic heterocycles. The van der Waals surface area contributed by atoms with Gasteiger partial charge in [0, 0.05) is 62.5 Å². The molecule has 10 nitrogen and oxygen atoms in total. The number of fused-ring (bicyclic) bond motifs is 2. The van der Waals surface area contributed by atoms with E-state index in [1.807, 2.05) is 15.9 Å². The number of hydrogen-bond acceptors (Lipinski definition) is 9. The number of halogens is 3. The molecule has 3 fully saturated rings. The minimum atomic E-state index is -1.08. The second-order valence-corrected chi connectivity index (χ2v) is 11.4. The highest BCUT2D eigenvalue weighted by molar-refractivity contribution is 5.99. The van der Waals surface area contributed by atoms with Crippen LogP contribution in [0, 0.1) is 17.5 Å². The van der Waals surface area contributed by atoms with Crippen molar-refractivity contribution in [1.29, 1.82) is 0 Å². The number of ether oxygens (including phenoxy) is 3. The molecule has 13 heteroatoms. The van der Waals surface area contributed by atoms with Gasteiger partial charge in [-0.1, -0.05) is 30.3 Å². The minimum Gasteiger partial charge on any atom is -0.467 e. The van der Waals surface area contributed by atoms with Crippen molar-refractivity contribution in [2.24, 2.45) is 0 Å². The Morgan fingerprint density at radius 1 is 1.02 bits per heavy atom. The molecule has 7 rings (SSSR count). The zero-order valence-corrected chi connectivity index (χ0v) is 24.6. The van der Waals surface area contributed by atoms with Crippen molar-refractivity contribution in [2.75, 3.05) is 77.7 Å². The first-order valence-corrected chi connectivity index (χ1v) is 14.8. The highest BCUT2D eigenvalue weighted by Gasteiger charge is 2.50. The van der Waals surface area contributed by atoms with Crippen molar-refractivity contribution in [2.45, 2.75) is 5.54 Å². The van der Waals surface area contributed by atoms with Gasteiger partial charge in [0.1, 0.15) is 22.6 Å². The molecule has 2 aromatic carbocycles. The fourth-order valence-electron chi connectivity index (χ4n) is 6.31. The lowest BCUT2D eigenvalue weighted by molar-refractivity contribution is -0.164. The van der Waals surface area contributed by atoms with E-state index >= 15 is 4.39 Å². The molecule has 0 saturated carbocycles. The minimum absolute atomic E-state index is 0.0628. The van der Waals surface area contributed by atoms with Gasteiger partial charge in [-0.25, -0.2) is 13.2 Å². The van der Waals surface area contributed by atoms with Crippen molar-refractivity contribution >= 4 is 33.4 Å². The smallest absolute Gasteiger partial charge is 0.318 e. The molecule has 0 N–H and O–H groups in total. The van der Waals surface area contributed by atoms with Crippen LogP contribution in [-0.4, -0.2) is 109 Å². The van der Waals surface area contributed by atoms with Gasteiger partial charge in [-0.3, -0.25) is 14.7 Å². The van der Waals surface area contributed by atoms with Crippen molar-refractivity contribution in [3.63, 3.8) is 0 Å². The number of piperazine rings is 1.